The van der Waals surface area contributed by atoms with E-state index in [9.17, 15) is 4.79 Å². The van der Waals surface area contributed by atoms with E-state index in [1.165, 1.54) is 4.70 Å². The third-order valence-corrected chi connectivity index (χ3v) is 6.00. The molecule has 4 rings (SSSR count). The van der Waals surface area contributed by atoms with Crippen LogP contribution in [0.5, 0.6) is 0 Å². The molecule has 1 aliphatic rings. The van der Waals surface area contributed by atoms with Gasteiger partial charge in [0, 0.05) is 19.0 Å². The van der Waals surface area contributed by atoms with Crippen molar-refractivity contribution in [2.24, 2.45) is 0 Å². The first kappa shape index (κ1) is 15.6. The molecule has 1 aromatic heterocycles. The number of aromatic nitrogens is 1. The lowest BCUT2D eigenvalue weighted by atomic mass is 9.98. The molecule has 0 spiro atoms. The predicted octanol–water partition coefficient (Wildman–Crippen LogP) is 4.97. The fourth-order valence-electron chi connectivity index (χ4n) is 3.23. The summed E-state index contributed by atoms with van der Waals surface area (Å²) in [5.41, 5.74) is 1.64. The van der Waals surface area contributed by atoms with E-state index < -0.39 is 0 Å². The number of halogens is 1. The third kappa shape index (κ3) is 2.92. The molecule has 1 amide bonds. The summed E-state index contributed by atoms with van der Waals surface area (Å²) in [6.45, 7) is 1.50. The Hall–Kier alpha value is -1.91. The van der Waals surface area contributed by atoms with Gasteiger partial charge in [-0.25, -0.2) is 4.98 Å². The van der Waals surface area contributed by atoms with E-state index in [-0.39, 0.29) is 5.91 Å². The van der Waals surface area contributed by atoms with Crippen molar-refractivity contribution in [1.82, 2.24) is 9.88 Å². The van der Waals surface area contributed by atoms with Gasteiger partial charge >= 0.3 is 0 Å². The summed E-state index contributed by atoms with van der Waals surface area (Å²) >= 11 is 7.93. The second-order valence-corrected chi connectivity index (χ2v) is 7.56. The van der Waals surface area contributed by atoms with Crippen LogP contribution >= 0.6 is 22.9 Å². The van der Waals surface area contributed by atoms with Gasteiger partial charge in [0.15, 0.2) is 0 Å². The number of thiazole rings is 1. The maximum absolute atomic E-state index is 12.8. The molecular weight excluding hydrogens is 340 g/mol. The van der Waals surface area contributed by atoms with Gasteiger partial charge in [0.2, 0.25) is 0 Å². The first-order chi connectivity index (χ1) is 11.7. The molecule has 5 heteroatoms. The lowest BCUT2D eigenvalue weighted by Crippen LogP contribution is -2.39. The number of nitrogens with zero attached hydrogens (tertiary/aromatic N) is 2. The molecule has 122 valence electrons. The Kier molecular flexibility index (Phi) is 4.25. The molecule has 0 bridgehead atoms. The summed E-state index contributed by atoms with van der Waals surface area (Å²) in [5, 5.41) is 1.65. The Morgan fingerprint density at radius 3 is 2.79 bits per heavy atom. The standard InChI is InChI=1S/C19H17ClN2OS/c20-15-8-2-1-7-14(15)19(23)22-11-5-6-13(12-22)18-21-16-9-3-4-10-17(16)24-18/h1-4,7-10,13H,5-6,11-12H2/t13-/m0/s1. The lowest BCUT2D eigenvalue weighted by Gasteiger charge is -2.32. The summed E-state index contributed by atoms with van der Waals surface area (Å²) in [6.07, 6.45) is 2.07. The van der Waals surface area contributed by atoms with Gasteiger partial charge in [-0.2, -0.15) is 0 Å². The van der Waals surface area contributed by atoms with Gasteiger partial charge in [-0.1, -0.05) is 35.9 Å². The first-order valence-electron chi connectivity index (χ1n) is 8.11. The molecular formula is C19H17ClN2OS. The van der Waals surface area contributed by atoms with E-state index in [2.05, 4.69) is 6.07 Å². The monoisotopic (exact) mass is 356 g/mol. The number of hydrogen-bond acceptors (Lipinski definition) is 3. The summed E-state index contributed by atoms with van der Waals surface area (Å²) in [6, 6.07) is 15.5. The van der Waals surface area contributed by atoms with Crippen molar-refractivity contribution in [1.29, 1.82) is 0 Å². The van der Waals surface area contributed by atoms with Crippen molar-refractivity contribution < 1.29 is 4.79 Å². The van der Waals surface area contributed by atoms with Crippen LogP contribution in [0.4, 0.5) is 0 Å². The van der Waals surface area contributed by atoms with Gasteiger partial charge in [-0.05, 0) is 37.1 Å². The average Bonchev–Trinajstić information content (AvgIpc) is 3.06. The Bertz CT molecular complexity index is 859. The molecule has 1 saturated heterocycles. The normalized spacial score (nSPS) is 18.0. The quantitative estimate of drug-likeness (QED) is 0.649. The van der Waals surface area contributed by atoms with Crippen molar-refractivity contribution in [3.05, 3.63) is 64.1 Å². The van der Waals surface area contributed by atoms with Gasteiger partial charge in [-0.15, -0.1) is 11.3 Å². The topological polar surface area (TPSA) is 33.2 Å². The van der Waals surface area contributed by atoms with E-state index in [1.54, 1.807) is 23.5 Å². The molecule has 1 atom stereocenters. The fraction of sp³-hybridized carbons (Fsp3) is 0.263. The van der Waals surface area contributed by atoms with Crippen molar-refractivity contribution in [2.75, 3.05) is 13.1 Å². The maximum Gasteiger partial charge on any atom is 0.255 e. The molecule has 24 heavy (non-hydrogen) atoms. The average molecular weight is 357 g/mol. The van der Waals surface area contributed by atoms with Crippen molar-refractivity contribution >= 4 is 39.1 Å². The SMILES string of the molecule is O=C(c1ccccc1Cl)N1CCC[C@H](c2nc3ccccc3s2)C1. The molecule has 0 N–H and O–H groups in total. The van der Waals surface area contributed by atoms with E-state index >= 15 is 0 Å². The van der Waals surface area contributed by atoms with Crippen molar-refractivity contribution in [2.45, 2.75) is 18.8 Å². The smallest absolute Gasteiger partial charge is 0.255 e. The molecule has 3 nitrogen and oxygen atoms in total. The molecule has 2 aromatic carbocycles. The van der Waals surface area contributed by atoms with Crippen LogP contribution in [0.1, 0.15) is 34.1 Å². The van der Waals surface area contributed by atoms with Crippen LogP contribution in [0.25, 0.3) is 10.2 Å². The van der Waals surface area contributed by atoms with Crippen LogP contribution in [0.3, 0.4) is 0 Å². The molecule has 3 aromatic rings. The Balaban J connectivity index is 1.57. The first-order valence-corrected chi connectivity index (χ1v) is 9.31. The Labute approximate surface area is 149 Å². The lowest BCUT2D eigenvalue weighted by molar-refractivity contribution is 0.0707. The molecule has 0 aliphatic carbocycles. The van der Waals surface area contributed by atoms with Crippen molar-refractivity contribution in [3.8, 4) is 0 Å². The Morgan fingerprint density at radius 1 is 1.17 bits per heavy atom. The zero-order valence-corrected chi connectivity index (χ0v) is 14.7. The minimum absolute atomic E-state index is 0.0198. The fourth-order valence-corrected chi connectivity index (χ4v) is 4.54. The van der Waals surface area contributed by atoms with Gasteiger partial charge in [0.1, 0.15) is 0 Å². The summed E-state index contributed by atoms with van der Waals surface area (Å²) in [7, 11) is 0. The molecule has 0 unspecified atom stereocenters. The number of likely N-dealkylation sites (tertiary alicyclic amines) is 1. The number of hydrogen-bond donors (Lipinski definition) is 0. The Morgan fingerprint density at radius 2 is 1.96 bits per heavy atom. The van der Waals surface area contributed by atoms with Gasteiger partial charge in [-0.3, -0.25) is 4.79 Å². The summed E-state index contributed by atoms with van der Waals surface area (Å²) in [4.78, 5) is 19.5. The van der Waals surface area contributed by atoms with Crippen LogP contribution in [0, 0.1) is 0 Å². The molecule has 1 fully saturated rings. The highest BCUT2D eigenvalue weighted by Crippen LogP contribution is 2.33. The number of carbonyl (C=O) groups is 1. The van der Waals surface area contributed by atoms with Gasteiger partial charge in [0.05, 0.1) is 25.8 Å². The molecule has 1 aliphatic heterocycles. The highest BCUT2D eigenvalue weighted by atomic mass is 35.5. The van der Waals surface area contributed by atoms with Crippen LogP contribution in [0.15, 0.2) is 48.5 Å². The zero-order valence-electron chi connectivity index (χ0n) is 13.1. The minimum Gasteiger partial charge on any atom is -0.338 e. The number of rotatable bonds is 2. The largest absolute Gasteiger partial charge is 0.338 e. The number of piperidine rings is 1. The van der Waals surface area contributed by atoms with Crippen LogP contribution in [-0.2, 0) is 0 Å². The summed E-state index contributed by atoms with van der Waals surface area (Å²) in [5.74, 6) is 0.328. The highest BCUT2D eigenvalue weighted by molar-refractivity contribution is 7.18. The van der Waals surface area contributed by atoms with Crippen LogP contribution in [-0.4, -0.2) is 28.9 Å². The van der Waals surface area contributed by atoms with Crippen LogP contribution < -0.4 is 0 Å². The number of para-hydroxylation sites is 1. The predicted molar refractivity (Wildman–Crippen MR) is 99.0 cm³/mol. The molecule has 2 heterocycles. The molecule has 0 radical (unpaired) electrons. The summed E-state index contributed by atoms with van der Waals surface area (Å²) < 4.78 is 1.21. The second-order valence-electron chi connectivity index (χ2n) is 6.09. The number of carbonyl (C=O) groups excluding carboxylic acids is 1. The number of fused-ring (bicyclic) bond motifs is 1. The number of benzene rings is 2. The van der Waals surface area contributed by atoms with E-state index in [1.807, 2.05) is 35.2 Å². The van der Waals surface area contributed by atoms with Gasteiger partial charge < -0.3 is 4.90 Å². The zero-order chi connectivity index (χ0) is 16.5. The van der Waals surface area contributed by atoms with E-state index in [0.29, 0.717) is 23.0 Å². The second kappa shape index (κ2) is 6.54. The third-order valence-electron chi connectivity index (χ3n) is 4.47. The van der Waals surface area contributed by atoms with Crippen LogP contribution in [0.2, 0.25) is 5.02 Å². The molecule has 0 saturated carbocycles. The maximum atomic E-state index is 12.8. The minimum atomic E-state index is 0.0198. The highest BCUT2D eigenvalue weighted by Gasteiger charge is 2.28. The van der Waals surface area contributed by atoms with Gasteiger partial charge in [0.25, 0.3) is 5.91 Å². The van der Waals surface area contributed by atoms with Crippen molar-refractivity contribution in [3.63, 3.8) is 0 Å². The number of amides is 1. The van der Waals surface area contributed by atoms with E-state index in [4.69, 9.17) is 16.6 Å². The van der Waals surface area contributed by atoms with E-state index in [0.717, 1.165) is 29.9 Å².